The number of benzene rings is 1. The fourth-order valence-electron chi connectivity index (χ4n) is 2.18. The number of nitrogens with zero attached hydrogens (tertiary/aromatic N) is 1. The lowest BCUT2D eigenvalue weighted by molar-refractivity contribution is 0.121. The van der Waals surface area contributed by atoms with Crippen molar-refractivity contribution in [2.75, 3.05) is 32.1 Å². The number of methoxy groups -OCH3 is 1. The van der Waals surface area contributed by atoms with Crippen LogP contribution in [0.4, 0.5) is 5.69 Å². The Morgan fingerprint density at radius 2 is 2.12 bits per heavy atom. The van der Waals surface area contributed by atoms with Crippen LogP contribution in [0.1, 0.15) is 12.0 Å². The molecule has 1 aromatic rings. The molecule has 1 saturated heterocycles. The summed E-state index contributed by atoms with van der Waals surface area (Å²) in [4.78, 5) is 2.39. The first-order chi connectivity index (χ1) is 7.83. The number of hydrogen-bond acceptors (Lipinski definition) is 3. The van der Waals surface area contributed by atoms with E-state index in [9.17, 15) is 0 Å². The number of hydrogen-bond donors (Lipinski definition) is 1. The van der Waals surface area contributed by atoms with Crippen LogP contribution < -0.4 is 10.2 Å². The third-order valence-electron chi connectivity index (χ3n) is 3.16. The lowest BCUT2D eigenvalue weighted by Gasteiger charge is -2.18. The standard InChI is InChI=1S/C13H20N2O/c1-14-9-11-3-5-12(6-4-11)15-8-7-13(10-15)16-2/h3-6,13-14H,7-10H2,1-2H3. The SMILES string of the molecule is CNCc1ccc(N2CCC(OC)C2)cc1. The summed E-state index contributed by atoms with van der Waals surface area (Å²) in [7, 11) is 3.77. The first-order valence-electron chi connectivity index (χ1n) is 5.84. The van der Waals surface area contributed by atoms with Crippen LogP contribution in [0.15, 0.2) is 24.3 Å². The lowest BCUT2D eigenvalue weighted by Crippen LogP contribution is -2.22. The highest BCUT2D eigenvalue weighted by Crippen LogP contribution is 2.21. The Morgan fingerprint density at radius 1 is 1.38 bits per heavy atom. The van der Waals surface area contributed by atoms with E-state index in [1.807, 2.05) is 7.05 Å². The first kappa shape index (κ1) is 11.4. The summed E-state index contributed by atoms with van der Waals surface area (Å²) in [6.07, 6.45) is 1.53. The van der Waals surface area contributed by atoms with Gasteiger partial charge in [-0.3, -0.25) is 0 Å². The van der Waals surface area contributed by atoms with Gasteiger partial charge in [0.05, 0.1) is 6.10 Å². The van der Waals surface area contributed by atoms with Crippen LogP contribution in [0.25, 0.3) is 0 Å². The predicted molar refractivity (Wildman–Crippen MR) is 66.8 cm³/mol. The van der Waals surface area contributed by atoms with Gasteiger partial charge >= 0.3 is 0 Å². The Morgan fingerprint density at radius 3 is 2.69 bits per heavy atom. The van der Waals surface area contributed by atoms with Gasteiger partial charge in [-0.1, -0.05) is 12.1 Å². The van der Waals surface area contributed by atoms with Gasteiger partial charge in [-0.25, -0.2) is 0 Å². The monoisotopic (exact) mass is 220 g/mol. The Hall–Kier alpha value is -1.06. The van der Waals surface area contributed by atoms with Gasteiger partial charge in [0.25, 0.3) is 0 Å². The van der Waals surface area contributed by atoms with Gasteiger partial charge in [0.1, 0.15) is 0 Å². The summed E-state index contributed by atoms with van der Waals surface area (Å²) >= 11 is 0. The zero-order valence-corrected chi connectivity index (χ0v) is 10.1. The van der Waals surface area contributed by atoms with Crippen LogP contribution in [-0.2, 0) is 11.3 Å². The number of anilines is 1. The molecule has 0 radical (unpaired) electrons. The van der Waals surface area contributed by atoms with E-state index < -0.39 is 0 Å². The maximum Gasteiger partial charge on any atom is 0.0762 e. The zero-order chi connectivity index (χ0) is 11.4. The summed E-state index contributed by atoms with van der Waals surface area (Å²) in [5, 5.41) is 3.16. The Kier molecular flexibility index (Phi) is 3.80. The van der Waals surface area contributed by atoms with Crippen LogP contribution >= 0.6 is 0 Å². The smallest absolute Gasteiger partial charge is 0.0762 e. The molecule has 88 valence electrons. The molecule has 0 bridgehead atoms. The third kappa shape index (κ3) is 2.54. The minimum atomic E-state index is 0.400. The molecule has 1 aromatic carbocycles. The summed E-state index contributed by atoms with van der Waals surface area (Å²) in [5.74, 6) is 0. The molecule has 0 spiro atoms. The van der Waals surface area contributed by atoms with Crippen LogP contribution in [-0.4, -0.2) is 33.4 Å². The van der Waals surface area contributed by atoms with Gasteiger partial charge < -0.3 is 15.0 Å². The maximum atomic E-state index is 5.37. The average molecular weight is 220 g/mol. The van der Waals surface area contributed by atoms with Gasteiger partial charge in [-0.2, -0.15) is 0 Å². The summed E-state index contributed by atoms with van der Waals surface area (Å²) in [6.45, 7) is 3.05. The van der Waals surface area contributed by atoms with Crippen molar-refractivity contribution in [2.45, 2.75) is 19.1 Å². The quantitative estimate of drug-likeness (QED) is 0.834. The molecule has 2 rings (SSSR count). The molecule has 1 atom stereocenters. The molecular formula is C13H20N2O. The van der Waals surface area contributed by atoms with Gasteiger partial charge in [0.2, 0.25) is 0 Å². The van der Waals surface area contributed by atoms with E-state index in [0.717, 1.165) is 26.1 Å². The van der Waals surface area contributed by atoms with Crippen molar-refractivity contribution >= 4 is 5.69 Å². The van der Waals surface area contributed by atoms with Gasteiger partial charge in [-0.05, 0) is 31.2 Å². The second-order valence-corrected chi connectivity index (χ2v) is 4.29. The second kappa shape index (κ2) is 5.32. The van der Waals surface area contributed by atoms with E-state index in [-0.39, 0.29) is 0 Å². The molecule has 3 nitrogen and oxygen atoms in total. The Bertz CT molecular complexity index is 323. The summed E-state index contributed by atoms with van der Waals surface area (Å²) < 4.78 is 5.37. The van der Waals surface area contributed by atoms with Gasteiger partial charge in [-0.15, -0.1) is 0 Å². The largest absolute Gasteiger partial charge is 0.380 e. The highest BCUT2D eigenvalue weighted by Gasteiger charge is 2.21. The molecule has 0 amide bonds. The van der Waals surface area contributed by atoms with E-state index in [0.29, 0.717) is 6.10 Å². The summed E-state index contributed by atoms with van der Waals surface area (Å²) in [6, 6.07) is 8.77. The van der Waals surface area contributed by atoms with Crippen LogP contribution in [0, 0.1) is 0 Å². The number of ether oxygens (including phenoxy) is 1. The fraction of sp³-hybridized carbons (Fsp3) is 0.538. The minimum Gasteiger partial charge on any atom is -0.380 e. The van der Waals surface area contributed by atoms with E-state index in [1.54, 1.807) is 7.11 Å². The molecule has 1 aliphatic heterocycles. The Balaban J connectivity index is 1.99. The van der Waals surface area contributed by atoms with Crippen LogP contribution in [0.5, 0.6) is 0 Å². The lowest BCUT2D eigenvalue weighted by atomic mass is 10.2. The third-order valence-corrected chi connectivity index (χ3v) is 3.16. The topological polar surface area (TPSA) is 24.5 Å². The van der Waals surface area contributed by atoms with Crippen molar-refractivity contribution in [2.24, 2.45) is 0 Å². The highest BCUT2D eigenvalue weighted by molar-refractivity contribution is 5.48. The summed E-state index contributed by atoms with van der Waals surface area (Å²) in [5.41, 5.74) is 2.63. The van der Waals surface area contributed by atoms with Crippen molar-refractivity contribution in [3.05, 3.63) is 29.8 Å². The molecule has 1 fully saturated rings. The maximum absolute atomic E-state index is 5.37. The van der Waals surface area contributed by atoms with E-state index in [2.05, 4.69) is 34.5 Å². The number of rotatable bonds is 4. The molecular weight excluding hydrogens is 200 g/mol. The van der Waals surface area contributed by atoms with Gasteiger partial charge in [0.15, 0.2) is 0 Å². The highest BCUT2D eigenvalue weighted by atomic mass is 16.5. The van der Waals surface area contributed by atoms with Gasteiger partial charge in [0, 0.05) is 32.4 Å². The molecule has 1 unspecified atom stereocenters. The van der Waals surface area contributed by atoms with Crippen molar-refractivity contribution in [3.8, 4) is 0 Å². The zero-order valence-electron chi connectivity index (χ0n) is 10.1. The van der Waals surface area contributed by atoms with Crippen molar-refractivity contribution in [3.63, 3.8) is 0 Å². The first-order valence-corrected chi connectivity index (χ1v) is 5.84. The van der Waals surface area contributed by atoms with Crippen molar-refractivity contribution in [1.82, 2.24) is 5.32 Å². The molecule has 1 aliphatic rings. The molecule has 0 saturated carbocycles. The minimum absolute atomic E-state index is 0.400. The molecule has 0 aliphatic carbocycles. The average Bonchev–Trinajstić information content (AvgIpc) is 2.79. The second-order valence-electron chi connectivity index (χ2n) is 4.29. The molecule has 16 heavy (non-hydrogen) atoms. The number of nitrogens with one attached hydrogen (secondary N) is 1. The fourth-order valence-corrected chi connectivity index (χ4v) is 2.18. The normalized spacial score (nSPS) is 20.4. The van der Waals surface area contributed by atoms with E-state index >= 15 is 0 Å². The van der Waals surface area contributed by atoms with E-state index in [1.165, 1.54) is 11.3 Å². The van der Waals surface area contributed by atoms with Crippen LogP contribution in [0.2, 0.25) is 0 Å². The molecule has 0 aromatic heterocycles. The van der Waals surface area contributed by atoms with Crippen molar-refractivity contribution < 1.29 is 4.74 Å². The molecule has 1 heterocycles. The Labute approximate surface area is 97.4 Å². The molecule has 1 N–H and O–H groups in total. The van der Waals surface area contributed by atoms with E-state index in [4.69, 9.17) is 4.74 Å². The van der Waals surface area contributed by atoms with Crippen molar-refractivity contribution in [1.29, 1.82) is 0 Å². The predicted octanol–water partition coefficient (Wildman–Crippen LogP) is 1.63. The van der Waals surface area contributed by atoms with Crippen LogP contribution in [0.3, 0.4) is 0 Å². The molecule has 3 heteroatoms.